The summed E-state index contributed by atoms with van der Waals surface area (Å²) in [5.74, 6) is 0.152. The number of piperidine rings is 3. The van der Waals surface area contributed by atoms with E-state index in [-0.39, 0.29) is 57.3 Å². The van der Waals surface area contributed by atoms with Gasteiger partial charge in [-0.15, -0.1) is 0 Å². The zero-order valence-electron chi connectivity index (χ0n) is 27.3. The highest BCUT2D eigenvalue weighted by atomic mass is 16.2. The molecule has 0 aromatic heterocycles. The zero-order chi connectivity index (χ0) is 29.2. The molecular weight excluding hydrogens is 472 g/mol. The van der Waals surface area contributed by atoms with Crippen molar-refractivity contribution in [1.82, 2.24) is 31.7 Å². The fraction of sp³-hybridized carbons (Fsp3) is 0.968. The summed E-state index contributed by atoms with van der Waals surface area (Å²) in [7, 11) is 0. The van der Waals surface area contributed by atoms with Crippen LogP contribution in [0.15, 0.2) is 0 Å². The SMILES string of the molecule is CC1(C)CC(NN(C(=O)C(C)(C)NC2CC(C)(C)NC(C)(C)C2)C2CC(C)(C)NC(C)(C)C2)CC(C)(C)N1. The summed E-state index contributed by atoms with van der Waals surface area (Å²) in [6.45, 7) is 31.4. The Morgan fingerprint density at radius 1 is 0.605 bits per heavy atom. The lowest BCUT2D eigenvalue weighted by Gasteiger charge is -2.53. The third-order valence-corrected chi connectivity index (χ3v) is 8.55. The van der Waals surface area contributed by atoms with E-state index >= 15 is 0 Å². The van der Waals surface area contributed by atoms with Crippen molar-refractivity contribution < 1.29 is 4.79 Å². The zero-order valence-corrected chi connectivity index (χ0v) is 27.3. The Bertz CT molecular complexity index is 824. The fourth-order valence-electron chi connectivity index (χ4n) is 8.69. The number of hydrazine groups is 1. The third kappa shape index (κ3) is 8.39. The second-order valence-electron chi connectivity index (χ2n) is 17.5. The summed E-state index contributed by atoms with van der Waals surface area (Å²) < 4.78 is 0. The Morgan fingerprint density at radius 2 is 0.921 bits per heavy atom. The first kappa shape index (κ1) is 31.8. The molecule has 0 aliphatic carbocycles. The van der Waals surface area contributed by atoms with E-state index in [0.29, 0.717) is 0 Å². The van der Waals surface area contributed by atoms with Crippen molar-refractivity contribution in [2.24, 2.45) is 0 Å². The largest absolute Gasteiger partial charge is 0.307 e. The highest BCUT2D eigenvalue weighted by molar-refractivity contribution is 5.85. The molecule has 3 fully saturated rings. The minimum atomic E-state index is -0.696. The lowest BCUT2D eigenvalue weighted by molar-refractivity contribution is -0.148. The summed E-state index contributed by atoms with van der Waals surface area (Å²) >= 11 is 0. The average Bonchev–Trinajstić information content (AvgIpc) is 2.57. The molecular formula is C31H62N6O. The van der Waals surface area contributed by atoms with Gasteiger partial charge in [0.1, 0.15) is 0 Å². The van der Waals surface area contributed by atoms with Gasteiger partial charge >= 0.3 is 0 Å². The molecule has 0 aromatic rings. The van der Waals surface area contributed by atoms with Crippen LogP contribution in [0.1, 0.15) is 135 Å². The molecule has 0 aromatic carbocycles. The number of nitrogens with one attached hydrogen (secondary N) is 5. The van der Waals surface area contributed by atoms with Crippen LogP contribution in [-0.2, 0) is 4.79 Å². The molecule has 0 atom stereocenters. The van der Waals surface area contributed by atoms with Gasteiger partial charge in [0.25, 0.3) is 5.91 Å². The van der Waals surface area contributed by atoms with Crippen LogP contribution in [0.25, 0.3) is 0 Å². The number of nitrogens with zero attached hydrogens (tertiary/aromatic N) is 1. The molecule has 0 bridgehead atoms. The topological polar surface area (TPSA) is 80.5 Å². The van der Waals surface area contributed by atoms with Gasteiger partial charge in [-0.1, -0.05) is 0 Å². The summed E-state index contributed by atoms with van der Waals surface area (Å²) in [5, 5.41) is 17.3. The maximum Gasteiger partial charge on any atom is 0.256 e. The van der Waals surface area contributed by atoms with Crippen LogP contribution in [0, 0.1) is 0 Å². The van der Waals surface area contributed by atoms with Crippen LogP contribution < -0.4 is 26.7 Å². The first-order valence-electron chi connectivity index (χ1n) is 15.1. The van der Waals surface area contributed by atoms with Crippen LogP contribution in [0.3, 0.4) is 0 Å². The Balaban J connectivity index is 1.90. The van der Waals surface area contributed by atoms with Crippen LogP contribution in [0.2, 0.25) is 0 Å². The molecule has 7 nitrogen and oxygen atoms in total. The number of hydrogen-bond acceptors (Lipinski definition) is 6. The average molecular weight is 535 g/mol. The molecule has 0 radical (unpaired) electrons. The van der Waals surface area contributed by atoms with Crippen molar-refractivity contribution in [3.63, 3.8) is 0 Å². The van der Waals surface area contributed by atoms with Crippen molar-refractivity contribution in [2.45, 2.75) is 192 Å². The number of carbonyl (C=O) groups is 1. The molecule has 3 heterocycles. The molecule has 0 spiro atoms. The molecule has 7 heteroatoms. The van der Waals surface area contributed by atoms with E-state index in [0.717, 1.165) is 38.5 Å². The lowest BCUT2D eigenvalue weighted by Crippen LogP contribution is -2.71. The second kappa shape index (κ2) is 9.97. The van der Waals surface area contributed by atoms with E-state index in [1.165, 1.54) is 0 Å². The van der Waals surface area contributed by atoms with Crippen molar-refractivity contribution >= 4 is 5.91 Å². The molecule has 222 valence electrons. The van der Waals surface area contributed by atoms with Crippen molar-refractivity contribution in [3.05, 3.63) is 0 Å². The number of hydrogen-bond donors (Lipinski definition) is 5. The minimum absolute atomic E-state index is 0.000820. The molecule has 38 heavy (non-hydrogen) atoms. The van der Waals surface area contributed by atoms with Gasteiger partial charge in [-0.3, -0.25) is 9.80 Å². The van der Waals surface area contributed by atoms with Crippen LogP contribution in [0.4, 0.5) is 0 Å². The van der Waals surface area contributed by atoms with Gasteiger partial charge in [0.15, 0.2) is 0 Å². The van der Waals surface area contributed by atoms with Gasteiger partial charge < -0.3 is 21.3 Å². The highest BCUT2D eigenvalue weighted by Crippen LogP contribution is 2.35. The molecule has 0 saturated carbocycles. The van der Waals surface area contributed by atoms with E-state index in [9.17, 15) is 4.79 Å². The first-order valence-corrected chi connectivity index (χ1v) is 15.1. The van der Waals surface area contributed by atoms with Crippen LogP contribution >= 0.6 is 0 Å². The van der Waals surface area contributed by atoms with E-state index < -0.39 is 5.54 Å². The molecule has 3 rings (SSSR count). The predicted molar refractivity (Wildman–Crippen MR) is 160 cm³/mol. The normalized spacial score (nSPS) is 29.1. The number of amides is 1. The lowest BCUT2D eigenvalue weighted by atomic mass is 9.78. The molecule has 0 unspecified atom stereocenters. The number of rotatable bonds is 6. The van der Waals surface area contributed by atoms with E-state index in [1.807, 2.05) is 0 Å². The monoisotopic (exact) mass is 534 g/mol. The predicted octanol–water partition coefficient (Wildman–Crippen LogP) is 4.62. The fourth-order valence-corrected chi connectivity index (χ4v) is 8.69. The van der Waals surface area contributed by atoms with Gasteiger partial charge in [0, 0.05) is 45.3 Å². The molecule has 3 saturated heterocycles. The van der Waals surface area contributed by atoms with Gasteiger partial charge in [-0.05, 0) is 135 Å². The van der Waals surface area contributed by atoms with Crippen molar-refractivity contribution in [1.29, 1.82) is 0 Å². The van der Waals surface area contributed by atoms with E-state index in [4.69, 9.17) is 0 Å². The summed E-state index contributed by atoms with van der Waals surface area (Å²) in [4.78, 5) is 14.6. The standard InChI is InChI=1S/C31H62N6O/c1-25(2)15-21(16-26(3,4)34-25)32-31(13,14)24(38)37(23-19-29(9,10)36-30(11,12)20-23)33-22-17-27(5,6)35-28(7,8)18-22/h21-23,32-36H,15-20H2,1-14H3. The Kier molecular flexibility index (Phi) is 8.34. The maximum absolute atomic E-state index is 14.6. The third-order valence-electron chi connectivity index (χ3n) is 8.55. The van der Waals surface area contributed by atoms with Gasteiger partial charge in [0.2, 0.25) is 0 Å². The molecule has 5 N–H and O–H groups in total. The van der Waals surface area contributed by atoms with Crippen molar-refractivity contribution in [2.75, 3.05) is 0 Å². The summed E-state index contributed by atoms with van der Waals surface area (Å²) in [5.41, 5.74) is 3.09. The Hall–Kier alpha value is -0.730. The van der Waals surface area contributed by atoms with Crippen LogP contribution in [-0.4, -0.2) is 67.8 Å². The molecule has 1 amide bonds. The number of carbonyl (C=O) groups excluding carboxylic acids is 1. The molecule has 3 aliphatic rings. The first-order chi connectivity index (χ1) is 16.8. The Labute approximate surface area is 234 Å². The van der Waals surface area contributed by atoms with E-state index in [1.54, 1.807) is 0 Å². The summed E-state index contributed by atoms with van der Waals surface area (Å²) in [6.07, 6.45) is 5.76. The van der Waals surface area contributed by atoms with Gasteiger partial charge in [0.05, 0.1) is 11.6 Å². The van der Waals surface area contributed by atoms with E-state index in [2.05, 4.69) is 129 Å². The minimum Gasteiger partial charge on any atom is -0.307 e. The van der Waals surface area contributed by atoms with Crippen LogP contribution in [0.5, 0.6) is 0 Å². The van der Waals surface area contributed by atoms with Gasteiger partial charge in [-0.2, -0.15) is 0 Å². The quantitative estimate of drug-likeness (QED) is 0.320. The maximum atomic E-state index is 14.6. The highest BCUT2D eigenvalue weighted by Gasteiger charge is 2.48. The smallest absolute Gasteiger partial charge is 0.256 e. The van der Waals surface area contributed by atoms with Crippen molar-refractivity contribution in [3.8, 4) is 0 Å². The van der Waals surface area contributed by atoms with Gasteiger partial charge in [-0.25, -0.2) is 5.43 Å². The summed E-state index contributed by atoms with van der Waals surface area (Å²) in [6, 6.07) is 0.593. The second-order valence-corrected chi connectivity index (χ2v) is 17.5. The Morgan fingerprint density at radius 3 is 1.29 bits per heavy atom. The molecule has 3 aliphatic heterocycles.